The van der Waals surface area contributed by atoms with E-state index in [2.05, 4.69) is 19.1 Å². The second-order valence-corrected chi connectivity index (χ2v) is 5.07. The van der Waals surface area contributed by atoms with Crippen LogP contribution in [0.2, 0.25) is 0 Å². The molecule has 0 spiro atoms. The zero-order chi connectivity index (χ0) is 12.7. The van der Waals surface area contributed by atoms with Crippen molar-refractivity contribution in [1.29, 1.82) is 0 Å². The van der Waals surface area contributed by atoms with Crippen molar-refractivity contribution in [2.45, 2.75) is 19.9 Å². The molecule has 0 aliphatic rings. The molecule has 1 aromatic heterocycles. The molecule has 5 heteroatoms. The molecule has 0 aliphatic heterocycles. The highest BCUT2D eigenvalue weighted by Gasteiger charge is 2.11. The van der Waals surface area contributed by atoms with Gasteiger partial charge in [-0.2, -0.15) is 0 Å². The summed E-state index contributed by atoms with van der Waals surface area (Å²) < 4.78 is 4.99. The molecule has 0 saturated heterocycles. The second kappa shape index (κ2) is 7.42. The van der Waals surface area contributed by atoms with Gasteiger partial charge in [0, 0.05) is 30.0 Å². The van der Waals surface area contributed by atoms with Crippen molar-refractivity contribution in [2.24, 2.45) is 0 Å². The van der Waals surface area contributed by atoms with Crippen LogP contribution in [0.4, 0.5) is 0 Å². The number of aliphatic carboxylic acids is 1. The van der Waals surface area contributed by atoms with E-state index in [1.54, 1.807) is 18.4 Å². The van der Waals surface area contributed by atoms with E-state index in [9.17, 15) is 4.79 Å². The van der Waals surface area contributed by atoms with Gasteiger partial charge in [-0.1, -0.05) is 6.92 Å². The Morgan fingerprint density at radius 3 is 2.71 bits per heavy atom. The van der Waals surface area contributed by atoms with Gasteiger partial charge in [0.2, 0.25) is 0 Å². The molecule has 0 fully saturated rings. The fraction of sp³-hybridized carbons (Fsp3) is 0.583. The molecule has 17 heavy (non-hydrogen) atoms. The Morgan fingerprint density at radius 1 is 1.47 bits per heavy atom. The molecule has 0 atom stereocenters. The number of hydrogen-bond donors (Lipinski definition) is 1. The molecule has 0 aliphatic carbocycles. The molecule has 0 amide bonds. The van der Waals surface area contributed by atoms with Crippen LogP contribution in [-0.4, -0.2) is 42.8 Å². The Labute approximate surface area is 106 Å². The summed E-state index contributed by atoms with van der Waals surface area (Å²) in [6.07, 6.45) is 1.03. The standard InChI is InChI=1S/C12H19NO3S/c1-3-10-4-5-11(17-10)8-13(6-7-16-2)9-12(14)15/h4-5H,3,6-9H2,1-2H3,(H,14,15). The predicted octanol–water partition coefficient (Wildman–Crippen LogP) is 1.84. The van der Waals surface area contributed by atoms with Gasteiger partial charge in [0.25, 0.3) is 0 Å². The molecule has 0 unspecified atom stereocenters. The van der Waals surface area contributed by atoms with Gasteiger partial charge >= 0.3 is 5.97 Å². The first-order valence-corrected chi connectivity index (χ1v) is 6.48. The van der Waals surface area contributed by atoms with Gasteiger partial charge in [-0.05, 0) is 18.6 Å². The van der Waals surface area contributed by atoms with Crippen molar-refractivity contribution < 1.29 is 14.6 Å². The van der Waals surface area contributed by atoms with E-state index in [-0.39, 0.29) is 6.54 Å². The molecule has 4 nitrogen and oxygen atoms in total. The summed E-state index contributed by atoms with van der Waals surface area (Å²) in [4.78, 5) is 15.2. The Bertz CT molecular complexity index is 351. The normalized spacial score (nSPS) is 11.0. The van der Waals surface area contributed by atoms with Crippen LogP contribution in [0.3, 0.4) is 0 Å². The molecule has 0 saturated carbocycles. The zero-order valence-corrected chi connectivity index (χ0v) is 11.1. The lowest BCUT2D eigenvalue weighted by Gasteiger charge is -2.18. The second-order valence-electron chi connectivity index (χ2n) is 3.82. The third kappa shape index (κ3) is 5.30. The van der Waals surface area contributed by atoms with Crippen molar-refractivity contribution in [3.8, 4) is 0 Å². The predicted molar refractivity (Wildman–Crippen MR) is 68.5 cm³/mol. The van der Waals surface area contributed by atoms with Crippen LogP contribution in [0.1, 0.15) is 16.7 Å². The number of thiophene rings is 1. The fourth-order valence-electron chi connectivity index (χ4n) is 1.54. The monoisotopic (exact) mass is 257 g/mol. The Hall–Kier alpha value is -0.910. The van der Waals surface area contributed by atoms with Crippen molar-refractivity contribution in [2.75, 3.05) is 26.8 Å². The molecule has 1 N–H and O–H groups in total. The first kappa shape index (κ1) is 14.2. The number of aryl methyl sites for hydroxylation is 1. The van der Waals surface area contributed by atoms with E-state index in [1.165, 1.54) is 9.75 Å². The maximum atomic E-state index is 10.7. The molecule has 1 aromatic rings. The van der Waals surface area contributed by atoms with Crippen LogP contribution in [-0.2, 0) is 22.5 Å². The van der Waals surface area contributed by atoms with Gasteiger partial charge in [-0.15, -0.1) is 11.3 Å². The lowest BCUT2D eigenvalue weighted by Crippen LogP contribution is -2.31. The van der Waals surface area contributed by atoms with Crippen LogP contribution in [0.25, 0.3) is 0 Å². The maximum absolute atomic E-state index is 10.7. The van der Waals surface area contributed by atoms with Crippen LogP contribution in [0, 0.1) is 0 Å². The van der Waals surface area contributed by atoms with Crippen LogP contribution in [0.15, 0.2) is 12.1 Å². The van der Waals surface area contributed by atoms with E-state index in [4.69, 9.17) is 9.84 Å². The molecule has 96 valence electrons. The molecular formula is C12H19NO3S. The number of rotatable bonds is 8. The smallest absolute Gasteiger partial charge is 0.317 e. The summed E-state index contributed by atoms with van der Waals surface area (Å²) in [5.74, 6) is -0.798. The Kier molecular flexibility index (Phi) is 6.18. The molecule has 0 aromatic carbocycles. The van der Waals surface area contributed by atoms with Crippen LogP contribution >= 0.6 is 11.3 Å². The Balaban J connectivity index is 2.54. The number of carboxylic acids is 1. The highest BCUT2D eigenvalue weighted by Crippen LogP contribution is 2.18. The number of methoxy groups -OCH3 is 1. The van der Waals surface area contributed by atoms with E-state index < -0.39 is 5.97 Å². The lowest BCUT2D eigenvalue weighted by atomic mass is 10.3. The Morgan fingerprint density at radius 2 is 2.18 bits per heavy atom. The summed E-state index contributed by atoms with van der Waals surface area (Å²) in [5.41, 5.74) is 0. The quantitative estimate of drug-likeness (QED) is 0.772. The molecule has 0 bridgehead atoms. The first-order chi connectivity index (χ1) is 8.15. The van der Waals surface area contributed by atoms with Gasteiger partial charge in [-0.3, -0.25) is 9.69 Å². The minimum absolute atomic E-state index is 0.0583. The average molecular weight is 257 g/mol. The van der Waals surface area contributed by atoms with Gasteiger partial charge in [0.05, 0.1) is 13.2 Å². The highest BCUT2D eigenvalue weighted by atomic mass is 32.1. The number of hydrogen-bond acceptors (Lipinski definition) is 4. The van der Waals surface area contributed by atoms with E-state index in [0.29, 0.717) is 19.7 Å². The third-order valence-corrected chi connectivity index (χ3v) is 3.63. The summed E-state index contributed by atoms with van der Waals surface area (Å²) in [7, 11) is 1.62. The largest absolute Gasteiger partial charge is 0.480 e. The van der Waals surface area contributed by atoms with Crippen LogP contribution in [0.5, 0.6) is 0 Å². The summed E-state index contributed by atoms with van der Waals surface area (Å²) in [6, 6.07) is 4.18. The van der Waals surface area contributed by atoms with Crippen LogP contribution < -0.4 is 0 Å². The number of nitrogens with zero attached hydrogens (tertiary/aromatic N) is 1. The topological polar surface area (TPSA) is 49.8 Å². The molecular weight excluding hydrogens is 238 g/mol. The zero-order valence-electron chi connectivity index (χ0n) is 10.3. The minimum atomic E-state index is -0.798. The van der Waals surface area contributed by atoms with Gasteiger partial charge in [0.1, 0.15) is 0 Å². The van der Waals surface area contributed by atoms with Crippen molar-refractivity contribution in [1.82, 2.24) is 4.90 Å². The van der Waals surface area contributed by atoms with Gasteiger partial charge in [-0.25, -0.2) is 0 Å². The molecule has 0 radical (unpaired) electrons. The van der Waals surface area contributed by atoms with E-state index in [1.807, 2.05) is 4.90 Å². The fourth-order valence-corrected chi connectivity index (χ4v) is 2.54. The van der Waals surface area contributed by atoms with Gasteiger partial charge < -0.3 is 9.84 Å². The van der Waals surface area contributed by atoms with E-state index >= 15 is 0 Å². The number of ether oxygens (including phenoxy) is 1. The first-order valence-electron chi connectivity index (χ1n) is 5.66. The highest BCUT2D eigenvalue weighted by molar-refractivity contribution is 7.11. The van der Waals surface area contributed by atoms with Gasteiger partial charge in [0.15, 0.2) is 0 Å². The average Bonchev–Trinajstić information content (AvgIpc) is 2.73. The summed E-state index contributed by atoms with van der Waals surface area (Å²) in [6.45, 7) is 4.06. The summed E-state index contributed by atoms with van der Waals surface area (Å²) in [5, 5.41) is 8.83. The maximum Gasteiger partial charge on any atom is 0.317 e. The SMILES string of the molecule is CCc1ccc(CN(CCOC)CC(=O)O)s1. The summed E-state index contributed by atoms with van der Waals surface area (Å²) >= 11 is 1.75. The third-order valence-electron chi connectivity index (χ3n) is 2.42. The molecule has 1 rings (SSSR count). The van der Waals surface area contributed by atoms with Crippen molar-refractivity contribution >= 4 is 17.3 Å². The number of carboxylic acid groups (broad SMARTS) is 1. The lowest BCUT2D eigenvalue weighted by molar-refractivity contribution is -0.138. The van der Waals surface area contributed by atoms with Crippen molar-refractivity contribution in [3.63, 3.8) is 0 Å². The van der Waals surface area contributed by atoms with Crippen molar-refractivity contribution in [3.05, 3.63) is 21.9 Å². The minimum Gasteiger partial charge on any atom is -0.480 e. The van der Waals surface area contributed by atoms with E-state index in [0.717, 1.165) is 6.42 Å². The number of carbonyl (C=O) groups is 1. The molecule has 1 heterocycles.